The first-order valence-electron chi connectivity index (χ1n) is 12.5. The maximum Gasteiger partial charge on any atom is 0.355 e. The van der Waals surface area contributed by atoms with Gasteiger partial charge in [-0.05, 0) is 50.9 Å². The lowest BCUT2D eigenvalue weighted by atomic mass is 9.81. The van der Waals surface area contributed by atoms with Crippen molar-refractivity contribution in [2.45, 2.75) is 58.9 Å². The predicted octanol–water partition coefficient (Wildman–Crippen LogP) is 6.47. The average molecular weight is 533 g/mol. The van der Waals surface area contributed by atoms with E-state index in [9.17, 15) is 9.90 Å². The lowest BCUT2D eigenvalue weighted by Gasteiger charge is -2.23. The van der Waals surface area contributed by atoms with Crippen molar-refractivity contribution >= 4 is 17.6 Å². The number of aryl methyl sites for hydroxylation is 1. The highest BCUT2D eigenvalue weighted by atomic mass is 35.5. The molecule has 0 fully saturated rings. The number of carbonyl (C=O) groups is 1. The molecular formula is C28H29ClN6O3. The average Bonchev–Trinajstić information content (AvgIpc) is 3.59. The molecule has 196 valence electrons. The topological polar surface area (TPSA) is 123 Å². The fourth-order valence-electron chi connectivity index (χ4n) is 5.18. The van der Waals surface area contributed by atoms with E-state index in [-0.39, 0.29) is 22.8 Å². The normalized spacial score (nSPS) is 11.9. The molecule has 0 radical (unpaired) electrons. The van der Waals surface area contributed by atoms with E-state index >= 15 is 0 Å². The highest BCUT2D eigenvalue weighted by molar-refractivity contribution is 6.32. The summed E-state index contributed by atoms with van der Waals surface area (Å²) in [5.74, 6) is 0.0155. The minimum Gasteiger partial charge on any atom is -0.476 e. The molecule has 0 amide bonds. The van der Waals surface area contributed by atoms with Crippen molar-refractivity contribution in [1.29, 1.82) is 0 Å². The Hall–Kier alpha value is -3.98. The van der Waals surface area contributed by atoms with E-state index in [1.54, 1.807) is 17.1 Å². The molecule has 5 rings (SSSR count). The molecule has 2 aromatic heterocycles. The van der Waals surface area contributed by atoms with Crippen molar-refractivity contribution in [2.24, 2.45) is 0 Å². The number of rotatable bonds is 8. The summed E-state index contributed by atoms with van der Waals surface area (Å²) < 4.78 is 7.39. The second-order valence-corrected chi connectivity index (χ2v) is 10.7. The third-order valence-electron chi connectivity index (χ3n) is 6.75. The quantitative estimate of drug-likeness (QED) is 0.235. The first-order valence-corrected chi connectivity index (χ1v) is 12.9. The van der Waals surface area contributed by atoms with Gasteiger partial charge in [0.25, 0.3) is 0 Å². The predicted molar refractivity (Wildman–Crippen MR) is 145 cm³/mol. The number of carboxylic acid groups (broad SMARTS) is 1. The van der Waals surface area contributed by atoms with Gasteiger partial charge >= 0.3 is 5.97 Å². The number of halogens is 1. The number of benzene rings is 1. The van der Waals surface area contributed by atoms with Gasteiger partial charge in [0.2, 0.25) is 5.82 Å². The lowest BCUT2D eigenvalue weighted by molar-refractivity contribution is 0.0685. The van der Waals surface area contributed by atoms with Crippen molar-refractivity contribution in [2.75, 3.05) is 0 Å². The maximum absolute atomic E-state index is 12.3. The van der Waals surface area contributed by atoms with Crippen LogP contribution in [0.3, 0.4) is 0 Å². The van der Waals surface area contributed by atoms with E-state index in [0.717, 1.165) is 51.8 Å². The van der Waals surface area contributed by atoms with Gasteiger partial charge in [0, 0.05) is 17.5 Å². The molecule has 2 aliphatic rings. The third kappa shape index (κ3) is 4.47. The summed E-state index contributed by atoms with van der Waals surface area (Å²) in [7, 11) is 0. The monoisotopic (exact) mass is 532 g/mol. The highest BCUT2D eigenvalue weighted by Gasteiger charge is 2.34. The van der Waals surface area contributed by atoms with E-state index in [2.05, 4.69) is 53.3 Å². The van der Waals surface area contributed by atoms with Crippen LogP contribution >= 0.6 is 11.6 Å². The SMILES string of the molecule is CCCCc1nc(Cl)c(C(=O)O)n1Cc1c2ccocc-2c(C(C)(C)C)c1-c1ccccc1-c1nn[nH]n1. The fourth-order valence-corrected chi connectivity index (χ4v) is 5.46. The number of imidazole rings is 1. The van der Waals surface area contributed by atoms with Gasteiger partial charge in [-0.3, -0.25) is 0 Å². The number of aromatic nitrogens is 6. The first kappa shape index (κ1) is 25.7. The summed E-state index contributed by atoms with van der Waals surface area (Å²) in [4.78, 5) is 16.8. The summed E-state index contributed by atoms with van der Waals surface area (Å²) in [6, 6.07) is 9.84. The zero-order valence-electron chi connectivity index (χ0n) is 21.7. The van der Waals surface area contributed by atoms with Crippen molar-refractivity contribution in [1.82, 2.24) is 30.2 Å². The number of aromatic carboxylic acids is 1. The van der Waals surface area contributed by atoms with Crippen LogP contribution in [0, 0.1) is 0 Å². The van der Waals surface area contributed by atoms with E-state index in [1.807, 2.05) is 30.3 Å². The highest BCUT2D eigenvalue weighted by Crippen LogP contribution is 2.50. The van der Waals surface area contributed by atoms with Gasteiger partial charge in [0.05, 0.1) is 19.1 Å². The minimum absolute atomic E-state index is 0.000688. The molecular weight excluding hydrogens is 504 g/mol. The van der Waals surface area contributed by atoms with Crippen LogP contribution in [-0.4, -0.2) is 41.3 Å². The Balaban J connectivity index is 1.84. The Labute approximate surface area is 225 Å². The van der Waals surface area contributed by atoms with Crippen LogP contribution in [0.2, 0.25) is 5.15 Å². The van der Waals surface area contributed by atoms with Crippen LogP contribution in [0.25, 0.3) is 33.6 Å². The molecule has 0 saturated carbocycles. The van der Waals surface area contributed by atoms with Gasteiger partial charge in [-0.25, -0.2) is 9.78 Å². The Morgan fingerprint density at radius 3 is 2.55 bits per heavy atom. The number of nitrogens with one attached hydrogen (secondary N) is 1. The molecule has 3 heterocycles. The Morgan fingerprint density at radius 2 is 1.89 bits per heavy atom. The van der Waals surface area contributed by atoms with E-state index in [0.29, 0.717) is 18.1 Å². The molecule has 9 nitrogen and oxygen atoms in total. The minimum atomic E-state index is -1.11. The molecule has 2 N–H and O–H groups in total. The fraction of sp³-hybridized carbons (Fsp3) is 0.321. The molecule has 1 aliphatic heterocycles. The largest absolute Gasteiger partial charge is 0.476 e. The van der Waals surface area contributed by atoms with Gasteiger partial charge < -0.3 is 14.1 Å². The summed E-state index contributed by atoms with van der Waals surface area (Å²) in [6.45, 7) is 8.82. The summed E-state index contributed by atoms with van der Waals surface area (Å²) in [5.41, 5.74) is 6.40. The number of hydrogen-bond donors (Lipinski definition) is 2. The van der Waals surface area contributed by atoms with Crippen molar-refractivity contribution < 1.29 is 14.3 Å². The van der Waals surface area contributed by atoms with Crippen LogP contribution in [0.4, 0.5) is 0 Å². The number of nitrogens with zero attached hydrogens (tertiary/aromatic N) is 5. The lowest BCUT2D eigenvalue weighted by Crippen LogP contribution is -2.15. The van der Waals surface area contributed by atoms with Gasteiger partial charge in [0.15, 0.2) is 10.8 Å². The Morgan fingerprint density at radius 1 is 1.13 bits per heavy atom. The molecule has 0 atom stereocenters. The molecule has 0 bridgehead atoms. The number of H-pyrrole nitrogens is 1. The van der Waals surface area contributed by atoms with Crippen LogP contribution in [-0.2, 0) is 18.4 Å². The number of carboxylic acids is 1. The van der Waals surface area contributed by atoms with Crippen molar-refractivity contribution in [3.05, 3.63) is 70.7 Å². The molecule has 0 saturated heterocycles. The molecule has 0 unspecified atom stereocenters. The molecule has 0 spiro atoms. The van der Waals surface area contributed by atoms with E-state index < -0.39 is 5.97 Å². The molecule has 3 aromatic rings. The second kappa shape index (κ2) is 10.1. The van der Waals surface area contributed by atoms with Crippen LogP contribution in [0.5, 0.6) is 0 Å². The van der Waals surface area contributed by atoms with Gasteiger partial charge in [-0.15, -0.1) is 10.2 Å². The molecule has 1 aromatic carbocycles. The number of unbranched alkanes of at least 4 members (excludes halogenated alkanes) is 1. The van der Waals surface area contributed by atoms with E-state index in [1.165, 1.54) is 0 Å². The number of aromatic amines is 1. The smallest absolute Gasteiger partial charge is 0.355 e. The zero-order valence-corrected chi connectivity index (χ0v) is 22.5. The van der Waals surface area contributed by atoms with Gasteiger partial charge in [-0.2, -0.15) is 5.21 Å². The van der Waals surface area contributed by atoms with Crippen molar-refractivity contribution in [3.63, 3.8) is 0 Å². The number of hydrogen-bond acceptors (Lipinski definition) is 6. The van der Waals surface area contributed by atoms with Crippen molar-refractivity contribution in [3.8, 4) is 33.6 Å². The van der Waals surface area contributed by atoms with Gasteiger partial charge in [0.1, 0.15) is 5.82 Å². The first-order chi connectivity index (χ1) is 18.2. The molecule has 38 heavy (non-hydrogen) atoms. The van der Waals surface area contributed by atoms with Gasteiger partial charge in [-0.1, -0.05) is 70.0 Å². The van der Waals surface area contributed by atoms with E-state index in [4.69, 9.17) is 16.0 Å². The third-order valence-corrected chi connectivity index (χ3v) is 7.01. The maximum atomic E-state index is 12.3. The summed E-state index contributed by atoms with van der Waals surface area (Å²) >= 11 is 6.38. The summed E-state index contributed by atoms with van der Waals surface area (Å²) in [6.07, 6.45) is 5.85. The standard InChI is InChI=1S/C28H29ClN6O3/c1-5-6-11-21-30-25(29)24(27(36)37)35(21)14-19-16-12-13-38-15-20(16)23(28(2,3)4)22(19)17-9-7-8-10-18(17)26-31-33-34-32-26/h7-10,12-13,15H,5-6,11,14H2,1-4H3,(H,36,37)(H,31,32,33,34). The Kier molecular flexibility index (Phi) is 6.79. The number of tetrazole rings is 1. The molecule has 10 heteroatoms. The van der Waals surface area contributed by atoms with Crippen LogP contribution in [0.1, 0.15) is 68.0 Å². The summed E-state index contributed by atoms with van der Waals surface area (Å²) in [5, 5.41) is 24.9. The zero-order chi connectivity index (χ0) is 27.0. The van der Waals surface area contributed by atoms with Crippen LogP contribution < -0.4 is 0 Å². The number of fused-ring (bicyclic) bond motifs is 1. The van der Waals surface area contributed by atoms with Crippen LogP contribution in [0.15, 0.2) is 47.3 Å². The second-order valence-electron chi connectivity index (χ2n) is 10.3. The molecule has 1 aliphatic carbocycles. The Bertz CT molecular complexity index is 1560.